The molecule has 9 nitrogen and oxygen atoms in total. The molecule has 2 atom stereocenters. The summed E-state index contributed by atoms with van der Waals surface area (Å²) in [5.74, 6) is 2.52. The summed E-state index contributed by atoms with van der Waals surface area (Å²) in [5, 5.41) is 17.7. The predicted molar refractivity (Wildman–Crippen MR) is 146 cm³/mol. The third-order valence-electron chi connectivity index (χ3n) is 6.93. The molecule has 198 valence electrons. The number of aryl methyl sites for hydroxylation is 2. The maximum Gasteiger partial charge on any atom is 0.163 e. The number of fused-ring (bicyclic) bond motifs is 1. The molecule has 0 aliphatic carbocycles. The van der Waals surface area contributed by atoms with Gasteiger partial charge in [-0.25, -0.2) is 9.97 Å². The number of aliphatic hydroxyl groups is 1. The van der Waals surface area contributed by atoms with Crippen LogP contribution in [-0.2, 0) is 6.54 Å². The zero-order valence-corrected chi connectivity index (χ0v) is 22.9. The lowest BCUT2D eigenvalue weighted by atomic mass is 10.0. The highest BCUT2D eigenvalue weighted by Gasteiger charge is 2.31. The standard InChI is InChI=1S/C28H31ClN6O3/c1-15-26(25-16(2)34-38-18(25)4)32-27(22-10-21(6-7-24(22)29)37-14-20(36)11-30-5)33-28(15)35-13-19-8-9-31-12-23(19)17(35)3/h6-10,12,17,20,30,36H,11,13-14H2,1-5H3/t17?,20-/m1/s1. The van der Waals surface area contributed by atoms with Crippen molar-refractivity contribution >= 4 is 17.4 Å². The molecule has 0 fully saturated rings. The molecular weight excluding hydrogens is 504 g/mol. The Labute approximate surface area is 226 Å². The van der Waals surface area contributed by atoms with Crippen molar-refractivity contribution in [3.8, 4) is 28.4 Å². The van der Waals surface area contributed by atoms with Crippen LogP contribution in [0, 0.1) is 20.8 Å². The number of hydrogen-bond donors (Lipinski definition) is 2. The molecule has 0 saturated carbocycles. The largest absolute Gasteiger partial charge is 0.491 e. The fourth-order valence-corrected chi connectivity index (χ4v) is 5.13. The van der Waals surface area contributed by atoms with Crippen LogP contribution in [0.15, 0.2) is 41.2 Å². The summed E-state index contributed by atoms with van der Waals surface area (Å²) in [6.45, 7) is 9.25. The fraction of sp³-hybridized carbons (Fsp3) is 0.357. The maximum absolute atomic E-state index is 10.1. The van der Waals surface area contributed by atoms with Gasteiger partial charge in [0.15, 0.2) is 5.82 Å². The smallest absolute Gasteiger partial charge is 0.163 e. The van der Waals surface area contributed by atoms with Crippen molar-refractivity contribution in [3.63, 3.8) is 0 Å². The summed E-state index contributed by atoms with van der Waals surface area (Å²) in [6, 6.07) is 7.48. The Balaban J connectivity index is 1.63. The van der Waals surface area contributed by atoms with Crippen LogP contribution in [0.3, 0.4) is 0 Å². The number of halogens is 1. The van der Waals surface area contributed by atoms with Crippen LogP contribution in [-0.4, -0.2) is 51.5 Å². The van der Waals surface area contributed by atoms with Crippen LogP contribution in [0.25, 0.3) is 22.6 Å². The molecule has 4 aromatic rings. The second-order valence-corrected chi connectivity index (χ2v) is 9.99. The summed E-state index contributed by atoms with van der Waals surface area (Å²) in [4.78, 5) is 16.6. The molecule has 2 N–H and O–H groups in total. The van der Waals surface area contributed by atoms with Gasteiger partial charge in [-0.15, -0.1) is 0 Å². The van der Waals surface area contributed by atoms with Crippen molar-refractivity contribution in [1.29, 1.82) is 0 Å². The SMILES string of the molecule is CNC[C@@H](O)COc1ccc(Cl)c(-c2nc(-c3c(C)noc3C)c(C)c(N3Cc4ccncc4C3C)n2)c1. The lowest BCUT2D eigenvalue weighted by Gasteiger charge is -2.26. The Morgan fingerprint density at radius 2 is 2.05 bits per heavy atom. The number of pyridine rings is 1. The van der Waals surface area contributed by atoms with Crippen molar-refractivity contribution in [2.45, 2.75) is 46.4 Å². The van der Waals surface area contributed by atoms with E-state index in [0.717, 1.165) is 28.3 Å². The lowest BCUT2D eigenvalue weighted by Crippen LogP contribution is -2.29. The second kappa shape index (κ2) is 10.7. The summed E-state index contributed by atoms with van der Waals surface area (Å²) >= 11 is 6.69. The van der Waals surface area contributed by atoms with E-state index in [1.165, 1.54) is 11.1 Å². The molecule has 3 aromatic heterocycles. The Morgan fingerprint density at radius 3 is 2.76 bits per heavy atom. The quantitative estimate of drug-likeness (QED) is 0.329. The Kier molecular flexibility index (Phi) is 7.34. The first-order valence-electron chi connectivity index (χ1n) is 12.5. The monoisotopic (exact) mass is 534 g/mol. The third-order valence-corrected chi connectivity index (χ3v) is 7.26. The van der Waals surface area contributed by atoms with E-state index in [4.69, 9.17) is 30.8 Å². The Bertz CT molecular complexity index is 1450. The normalized spacial score (nSPS) is 15.6. The van der Waals surface area contributed by atoms with E-state index in [2.05, 4.69) is 33.3 Å². The van der Waals surface area contributed by atoms with Crippen molar-refractivity contribution in [2.24, 2.45) is 0 Å². The third kappa shape index (κ3) is 4.84. The number of rotatable bonds is 8. The van der Waals surface area contributed by atoms with Crippen molar-refractivity contribution in [3.05, 3.63) is 69.8 Å². The van der Waals surface area contributed by atoms with Gasteiger partial charge < -0.3 is 24.6 Å². The molecule has 4 heterocycles. The molecule has 0 spiro atoms. The van der Waals surface area contributed by atoms with E-state index < -0.39 is 6.10 Å². The predicted octanol–water partition coefficient (Wildman–Crippen LogP) is 4.81. The van der Waals surface area contributed by atoms with Crippen molar-refractivity contribution in [2.75, 3.05) is 25.1 Å². The molecule has 0 amide bonds. The highest BCUT2D eigenvalue weighted by molar-refractivity contribution is 6.33. The average molecular weight is 535 g/mol. The van der Waals surface area contributed by atoms with Gasteiger partial charge in [0, 0.05) is 36.6 Å². The van der Waals surface area contributed by atoms with Gasteiger partial charge in [-0.05, 0) is 70.1 Å². The number of likely N-dealkylation sites (N-methyl/N-ethyl adjacent to an activating group) is 1. The number of benzene rings is 1. The molecule has 1 aliphatic heterocycles. The van der Waals surface area contributed by atoms with Gasteiger partial charge in [0.1, 0.15) is 30.0 Å². The van der Waals surface area contributed by atoms with Gasteiger partial charge >= 0.3 is 0 Å². The topological polar surface area (TPSA) is 109 Å². The minimum Gasteiger partial charge on any atom is -0.491 e. The van der Waals surface area contributed by atoms with Gasteiger partial charge in [-0.2, -0.15) is 0 Å². The second-order valence-electron chi connectivity index (χ2n) is 9.59. The van der Waals surface area contributed by atoms with E-state index in [9.17, 15) is 5.11 Å². The summed E-state index contributed by atoms with van der Waals surface area (Å²) in [6.07, 6.45) is 3.11. The zero-order chi connectivity index (χ0) is 27.0. The number of aromatic nitrogens is 4. The highest BCUT2D eigenvalue weighted by Crippen LogP contribution is 2.42. The van der Waals surface area contributed by atoms with Crippen LogP contribution in [0.1, 0.15) is 41.1 Å². The van der Waals surface area contributed by atoms with Crippen LogP contribution in [0.5, 0.6) is 5.75 Å². The average Bonchev–Trinajstić information content (AvgIpc) is 3.42. The van der Waals surface area contributed by atoms with Gasteiger partial charge in [0.25, 0.3) is 0 Å². The molecular formula is C28H31ClN6O3. The zero-order valence-electron chi connectivity index (χ0n) is 22.1. The van der Waals surface area contributed by atoms with Gasteiger partial charge in [-0.1, -0.05) is 16.8 Å². The molecule has 10 heteroatoms. The van der Waals surface area contributed by atoms with E-state index in [-0.39, 0.29) is 12.6 Å². The van der Waals surface area contributed by atoms with Crippen LogP contribution >= 0.6 is 11.6 Å². The number of aliphatic hydroxyl groups excluding tert-OH is 1. The molecule has 5 rings (SSSR count). The summed E-state index contributed by atoms with van der Waals surface area (Å²) in [7, 11) is 1.78. The van der Waals surface area contributed by atoms with E-state index in [0.29, 0.717) is 41.0 Å². The highest BCUT2D eigenvalue weighted by atomic mass is 35.5. The van der Waals surface area contributed by atoms with Crippen molar-refractivity contribution < 1.29 is 14.4 Å². The maximum atomic E-state index is 10.1. The van der Waals surface area contributed by atoms with Crippen LogP contribution in [0.2, 0.25) is 5.02 Å². The number of anilines is 1. The number of ether oxygens (including phenoxy) is 1. The van der Waals surface area contributed by atoms with Gasteiger partial charge in [0.05, 0.1) is 28.0 Å². The summed E-state index contributed by atoms with van der Waals surface area (Å²) in [5.41, 5.74) is 6.30. The number of nitrogens with zero attached hydrogens (tertiary/aromatic N) is 5. The number of nitrogens with one attached hydrogen (secondary N) is 1. The minimum atomic E-state index is -0.639. The van der Waals surface area contributed by atoms with E-state index in [1.54, 1.807) is 19.2 Å². The molecule has 38 heavy (non-hydrogen) atoms. The molecule has 0 radical (unpaired) electrons. The fourth-order valence-electron chi connectivity index (χ4n) is 4.92. The summed E-state index contributed by atoms with van der Waals surface area (Å²) < 4.78 is 11.3. The molecule has 0 bridgehead atoms. The van der Waals surface area contributed by atoms with E-state index in [1.807, 2.05) is 39.2 Å². The minimum absolute atomic E-state index is 0.0801. The molecule has 1 aliphatic rings. The van der Waals surface area contributed by atoms with Crippen LogP contribution < -0.4 is 15.0 Å². The first-order chi connectivity index (χ1) is 18.3. The molecule has 0 saturated heterocycles. The Morgan fingerprint density at radius 1 is 1.24 bits per heavy atom. The van der Waals surface area contributed by atoms with E-state index >= 15 is 0 Å². The molecule has 1 unspecified atom stereocenters. The number of hydrogen-bond acceptors (Lipinski definition) is 9. The lowest BCUT2D eigenvalue weighted by molar-refractivity contribution is 0.108. The first kappa shape index (κ1) is 26.1. The molecule has 1 aromatic carbocycles. The van der Waals surface area contributed by atoms with Gasteiger partial charge in [0.2, 0.25) is 0 Å². The first-order valence-corrected chi connectivity index (χ1v) is 12.9. The van der Waals surface area contributed by atoms with Crippen LogP contribution in [0.4, 0.5) is 5.82 Å². The Hall–Kier alpha value is -3.53. The van der Waals surface area contributed by atoms with Crippen molar-refractivity contribution in [1.82, 2.24) is 25.4 Å². The van der Waals surface area contributed by atoms with Gasteiger partial charge in [-0.3, -0.25) is 4.98 Å².